The molecule has 0 bridgehead atoms. The van der Waals surface area contributed by atoms with Gasteiger partial charge in [-0.3, -0.25) is 4.79 Å². The van der Waals surface area contributed by atoms with E-state index in [1.807, 2.05) is 11.8 Å². The fourth-order valence-electron chi connectivity index (χ4n) is 2.11. The fraction of sp³-hybridized carbons (Fsp3) is 0.500. The first kappa shape index (κ1) is 14.1. The first-order valence-corrected chi connectivity index (χ1v) is 7.59. The first-order chi connectivity index (χ1) is 9.20. The molecule has 1 fully saturated rings. The number of phenols is 1. The SMILES string of the molecule is COc1ccc(C(=O)NCC2CCSCC2)c(O)c1. The van der Waals surface area contributed by atoms with E-state index in [0.29, 0.717) is 23.8 Å². The lowest BCUT2D eigenvalue weighted by molar-refractivity contribution is 0.0943. The van der Waals surface area contributed by atoms with Gasteiger partial charge < -0.3 is 15.2 Å². The molecule has 0 aliphatic carbocycles. The maximum atomic E-state index is 12.0. The Morgan fingerprint density at radius 1 is 1.47 bits per heavy atom. The zero-order valence-electron chi connectivity index (χ0n) is 11.0. The molecule has 2 N–H and O–H groups in total. The summed E-state index contributed by atoms with van der Waals surface area (Å²) in [6, 6.07) is 4.71. The van der Waals surface area contributed by atoms with Crippen LogP contribution < -0.4 is 10.1 Å². The van der Waals surface area contributed by atoms with Crippen LogP contribution in [0.3, 0.4) is 0 Å². The standard InChI is InChI=1S/C14H19NO3S/c1-18-11-2-3-12(13(16)8-11)14(17)15-9-10-4-6-19-7-5-10/h2-3,8,10,16H,4-7,9H2,1H3,(H,15,17). The van der Waals surface area contributed by atoms with Crippen LogP contribution in [0.1, 0.15) is 23.2 Å². The summed E-state index contributed by atoms with van der Waals surface area (Å²) >= 11 is 1.97. The molecule has 1 heterocycles. The van der Waals surface area contributed by atoms with Crippen LogP contribution in [0.2, 0.25) is 0 Å². The highest BCUT2D eigenvalue weighted by atomic mass is 32.2. The molecule has 1 aromatic carbocycles. The van der Waals surface area contributed by atoms with Crippen LogP contribution in [0, 0.1) is 5.92 Å². The number of aromatic hydroxyl groups is 1. The number of hydrogen-bond donors (Lipinski definition) is 2. The summed E-state index contributed by atoms with van der Waals surface area (Å²) in [5.41, 5.74) is 0.297. The number of nitrogens with one attached hydrogen (secondary N) is 1. The average molecular weight is 281 g/mol. The van der Waals surface area contributed by atoms with Crippen molar-refractivity contribution in [1.82, 2.24) is 5.32 Å². The minimum absolute atomic E-state index is 0.0453. The van der Waals surface area contributed by atoms with Crippen LogP contribution in [0.4, 0.5) is 0 Å². The average Bonchev–Trinajstić information content (AvgIpc) is 2.45. The lowest BCUT2D eigenvalue weighted by Gasteiger charge is -2.21. The van der Waals surface area contributed by atoms with Gasteiger partial charge in [-0.1, -0.05) is 0 Å². The molecule has 2 rings (SSSR count). The maximum Gasteiger partial charge on any atom is 0.255 e. The van der Waals surface area contributed by atoms with Gasteiger partial charge in [-0.05, 0) is 42.4 Å². The molecule has 104 valence electrons. The highest BCUT2D eigenvalue weighted by Gasteiger charge is 2.16. The van der Waals surface area contributed by atoms with Gasteiger partial charge in [0.2, 0.25) is 0 Å². The quantitative estimate of drug-likeness (QED) is 0.889. The number of phenolic OH excluding ortho intramolecular Hbond substituents is 1. The topological polar surface area (TPSA) is 58.6 Å². The van der Waals surface area contributed by atoms with Crippen molar-refractivity contribution in [2.24, 2.45) is 5.92 Å². The van der Waals surface area contributed by atoms with Gasteiger partial charge in [-0.15, -0.1) is 0 Å². The van der Waals surface area contributed by atoms with E-state index < -0.39 is 0 Å². The third kappa shape index (κ3) is 3.80. The third-order valence-electron chi connectivity index (χ3n) is 3.34. The van der Waals surface area contributed by atoms with E-state index in [1.54, 1.807) is 12.1 Å². The van der Waals surface area contributed by atoms with Crippen LogP contribution in [-0.4, -0.2) is 36.2 Å². The van der Waals surface area contributed by atoms with Gasteiger partial charge in [-0.25, -0.2) is 0 Å². The summed E-state index contributed by atoms with van der Waals surface area (Å²) < 4.78 is 4.99. The Labute approximate surface area is 117 Å². The van der Waals surface area contributed by atoms with Gasteiger partial charge in [0.25, 0.3) is 5.91 Å². The van der Waals surface area contributed by atoms with Crippen molar-refractivity contribution in [1.29, 1.82) is 0 Å². The van der Waals surface area contributed by atoms with E-state index in [1.165, 1.54) is 24.7 Å². The number of carbonyl (C=O) groups excluding carboxylic acids is 1. The van der Waals surface area contributed by atoms with Crippen LogP contribution >= 0.6 is 11.8 Å². The van der Waals surface area contributed by atoms with Gasteiger partial charge in [0.15, 0.2) is 0 Å². The summed E-state index contributed by atoms with van der Waals surface area (Å²) in [4.78, 5) is 12.0. The second kappa shape index (κ2) is 6.70. The third-order valence-corrected chi connectivity index (χ3v) is 4.39. The van der Waals surface area contributed by atoms with Gasteiger partial charge in [0.05, 0.1) is 12.7 Å². The number of ether oxygens (including phenoxy) is 1. The van der Waals surface area contributed by atoms with Crippen molar-refractivity contribution >= 4 is 17.7 Å². The molecule has 0 spiro atoms. The Morgan fingerprint density at radius 3 is 2.84 bits per heavy atom. The molecule has 4 nitrogen and oxygen atoms in total. The summed E-state index contributed by atoms with van der Waals surface area (Å²) in [5.74, 6) is 3.18. The number of hydrogen-bond acceptors (Lipinski definition) is 4. The van der Waals surface area contributed by atoms with E-state index in [0.717, 1.165) is 12.8 Å². The minimum atomic E-state index is -0.224. The Bertz CT molecular complexity index is 444. The van der Waals surface area contributed by atoms with Crippen LogP contribution in [-0.2, 0) is 0 Å². The molecule has 0 saturated carbocycles. The molecule has 1 saturated heterocycles. The molecule has 1 aliphatic heterocycles. The fourth-order valence-corrected chi connectivity index (χ4v) is 3.32. The van der Waals surface area contributed by atoms with Gasteiger partial charge in [-0.2, -0.15) is 11.8 Å². The van der Waals surface area contributed by atoms with E-state index in [9.17, 15) is 9.90 Å². The molecule has 1 amide bonds. The zero-order valence-corrected chi connectivity index (χ0v) is 11.8. The molecule has 19 heavy (non-hydrogen) atoms. The predicted molar refractivity (Wildman–Crippen MR) is 77.0 cm³/mol. The van der Waals surface area contributed by atoms with E-state index in [2.05, 4.69) is 5.32 Å². The van der Waals surface area contributed by atoms with Gasteiger partial charge in [0, 0.05) is 12.6 Å². The summed E-state index contributed by atoms with van der Waals surface area (Å²) in [7, 11) is 1.52. The number of carbonyl (C=O) groups is 1. The zero-order chi connectivity index (χ0) is 13.7. The summed E-state index contributed by atoms with van der Waals surface area (Å²) in [6.07, 6.45) is 2.30. The molecule has 0 unspecified atom stereocenters. The Hall–Kier alpha value is -1.36. The van der Waals surface area contributed by atoms with Crippen LogP contribution in [0.15, 0.2) is 18.2 Å². The smallest absolute Gasteiger partial charge is 0.255 e. The molecule has 0 aromatic heterocycles. The number of methoxy groups -OCH3 is 1. The van der Waals surface area contributed by atoms with E-state index >= 15 is 0 Å². The van der Waals surface area contributed by atoms with Gasteiger partial charge in [0.1, 0.15) is 11.5 Å². The molecular weight excluding hydrogens is 262 g/mol. The highest BCUT2D eigenvalue weighted by Crippen LogP contribution is 2.24. The monoisotopic (exact) mass is 281 g/mol. The summed E-state index contributed by atoms with van der Waals surface area (Å²) in [6.45, 7) is 0.685. The lowest BCUT2D eigenvalue weighted by atomic mass is 10.0. The lowest BCUT2D eigenvalue weighted by Crippen LogP contribution is -2.31. The van der Waals surface area contributed by atoms with Crippen LogP contribution in [0.25, 0.3) is 0 Å². The Morgan fingerprint density at radius 2 is 2.21 bits per heavy atom. The first-order valence-electron chi connectivity index (χ1n) is 6.43. The Kier molecular flexibility index (Phi) is 4.96. The van der Waals surface area contributed by atoms with E-state index in [-0.39, 0.29) is 11.7 Å². The molecule has 5 heteroatoms. The molecule has 0 radical (unpaired) electrons. The van der Waals surface area contributed by atoms with Crippen molar-refractivity contribution < 1.29 is 14.6 Å². The predicted octanol–water partition coefficient (Wildman–Crippen LogP) is 2.27. The second-order valence-corrected chi connectivity index (χ2v) is 5.87. The van der Waals surface area contributed by atoms with Crippen molar-refractivity contribution in [2.45, 2.75) is 12.8 Å². The van der Waals surface area contributed by atoms with E-state index in [4.69, 9.17) is 4.74 Å². The minimum Gasteiger partial charge on any atom is -0.507 e. The van der Waals surface area contributed by atoms with Crippen molar-refractivity contribution in [2.75, 3.05) is 25.2 Å². The van der Waals surface area contributed by atoms with Crippen molar-refractivity contribution in [3.8, 4) is 11.5 Å². The second-order valence-electron chi connectivity index (χ2n) is 4.65. The largest absolute Gasteiger partial charge is 0.507 e. The highest BCUT2D eigenvalue weighted by molar-refractivity contribution is 7.99. The normalized spacial score (nSPS) is 16.1. The van der Waals surface area contributed by atoms with Crippen molar-refractivity contribution in [3.63, 3.8) is 0 Å². The molecule has 1 aliphatic rings. The molecule has 0 atom stereocenters. The molecular formula is C14H19NO3S. The summed E-state index contributed by atoms with van der Waals surface area (Å²) in [5, 5.41) is 12.7. The van der Waals surface area contributed by atoms with Gasteiger partial charge >= 0.3 is 0 Å². The maximum absolute atomic E-state index is 12.0. The molecule has 1 aromatic rings. The number of rotatable bonds is 4. The number of benzene rings is 1. The Balaban J connectivity index is 1.92. The van der Waals surface area contributed by atoms with Crippen molar-refractivity contribution in [3.05, 3.63) is 23.8 Å². The number of amides is 1. The number of thioether (sulfide) groups is 1. The van der Waals surface area contributed by atoms with Crippen LogP contribution in [0.5, 0.6) is 11.5 Å².